The highest BCUT2D eigenvalue weighted by atomic mass is 31.2. The molecular weight excluding hydrogens is 482 g/mol. The molecule has 0 aliphatic rings. The third kappa shape index (κ3) is 6.85. The summed E-state index contributed by atoms with van der Waals surface area (Å²) in [5, 5.41) is 11.5. The van der Waals surface area contributed by atoms with Gasteiger partial charge in [-0.15, -0.1) is 0 Å². The summed E-state index contributed by atoms with van der Waals surface area (Å²) in [6.07, 6.45) is 2.57. The molecule has 1 aromatic rings. The predicted octanol–water partition coefficient (Wildman–Crippen LogP) is 4.75. The van der Waals surface area contributed by atoms with Crippen molar-refractivity contribution in [2.75, 3.05) is 26.4 Å². The van der Waals surface area contributed by atoms with Gasteiger partial charge in [-0.2, -0.15) is 0 Å². The van der Waals surface area contributed by atoms with E-state index in [1.54, 1.807) is 52.0 Å². The first-order valence-electron chi connectivity index (χ1n) is 11.3. The van der Waals surface area contributed by atoms with Gasteiger partial charge in [-0.05, 0) is 65.1 Å². The molecule has 0 spiro atoms. The van der Waals surface area contributed by atoms with Crippen LogP contribution in [0.15, 0.2) is 24.3 Å². The molecule has 0 saturated carbocycles. The molecule has 0 saturated heterocycles. The number of hydrogen-bond donors (Lipinski definition) is 0. The van der Waals surface area contributed by atoms with Gasteiger partial charge in [0, 0.05) is 28.7 Å². The van der Waals surface area contributed by atoms with Gasteiger partial charge in [-0.1, -0.05) is 12.1 Å². The Morgan fingerprint density at radius 3 is 1.62 bits per heavy atom. The summed E-state index contributed by atoms with van der Waals surface area (Å²) < 4.78 is 48.1. The summed E-state index contributed by atoms with van der Waals surface area (Å²) in [7, 11) is -7.42. The molecule has 0 N–H and O–H groups in total. The summed E-state index contributed by atoms with van der Waals surface area (Å²) in [5.74, 6) is 0. The average Bonchev–Trinajstić information content (AvgIpc) is 2.75. The van der Waals surface area contributed by atoms with E-state index in [1.807, 2.05) is 0 Å². The summed E-state index contributed by atoms with van der Waals surface area (Å²) in [6.45, 7) is 13.3. The van der Waals surface area contributed by atoms with Crippen LogP contribution < -0.4 is 10.4 Å². The highest BCUT2D eigenvalue weighted by molar-refractivity contribution is 7.55. The Balaban J connectivity index is 3.26. The van der Waals surface area contributed by atoms with Gasteiger partial charge in [-0.3, -0.25) is 9.13 Å². The lowest BCUT2D eigenvalue weighted by Gasteiger charge is -2.45. The molecule has 0 aliphatic heterocycles. The van der Waals surface area contributed by atoms with E-state index in [9.17, 15) is 19.2 Å². The van der Waals surface area contributed by atoms with Crippen LogP contribution in [0.5, 0.6) is 0 Å². The standard InChI is InChI=1S/C22H38N2O8P2/c1-9-29-33(27,30-10-2)21(5,6)23(25)17-19-13-15-20(16-14-19)18-24(26)22(7,8)34(28,31-11-3)32-12-4/h13-18H,9-12H2,1-8H3. The molecule has 0 radical (unpaired) electrons. The van der Waals surface area contributed by atoms with E-state index in [0.29, 0.717) is 20.3 Å². The van der Waals surface area contributed by atoms with Crippen LogP contribution in [0.4, 0.5) is 0 Å². The van der Waals surface area contributed by atoms with E-state index >= 15 is 0 Å². The van der Waals surface area contributed by atoms with Crippen molar-refractivity contribution < 1.29 is 32.0 Å². The highest BCUT2D eigenvalue weighted by Crippen LogP contribution is 2.61. The largest absolute Gasteiger partial charge is 0.758 e. The van der Waals surface area contributed by atoms with Crippen LogP contribution in [-0.2, 0) is 27.2 Å². The SMILES string of the molecule is CCOP(=O)(OCC)C(C)(C)N([O-])C=c1ccc(=C[N+](=O)C(C)(C)P(=O)(OCC)OCC)cc1. The third-order valence-electron chi connectivity index (χ3n) is 5.08. The first kappa shape index (κ1) is 30.7. The zero-order valence-corrected chi connectivity index (χ0v) is 23.1. The lowest BCUT2D eigenvalue weighted by atomic mass is 10.2. The van der Waals surface area contributed by atoms with Gasteiger partial charge in [0.15, 0.2) is 0 Å². The fourth-order valence-corrected chi connectivity index (χ4v) is 6.25. The van der Waals surface area contributed by atoms with Gasteiger partial charge in [0.05, 0.1) is 26.4 Å². The van der Waals surface area contributed by atoms with Gasteiger partial charge in [-0.25, -0.2) is 0 Å². The van der Waals surface area contributed by atoms with Crippen molar-refractivity contribution in [3.8, 4) is 0 Å². The van der Waals surface area contributed by atoms with Gasteiger partial charge >= 0.3 is 20.5 Å². The molecule has 194 valence electrons. The van der Waals surface area contributed by atoms with E-state index in [0.717, 1.165) is 0 Å². The zero-order valence-electron chi connectivity index (χ0n) is 21.3. The normalized spacial score (nSPS) is 13.0. The molecule has 0 bridgehead atoms. The Bertz CT molecular complexity index is 998. The van der Waals surface area contributed by atoms with Crippen LogP contribution in [0.2, 0.25) is 0 Å². The monoisotopic (exact) mass is 520 g/mol. The molecule has 12 heteroatoms. The van der Waals surface area contributed by atoms with Crippen LogP contribution >= 0.6 is 15.2 Å². The molecule has 0 unspecified atom stereocenters. The fraction of sp³-hybridized carbons (Fsp3) is 0.636. The summed E-state index contributed by atoms with van der Waals surface area (Å²) >= 11 is 0. The maximum Gasteiger partial charge on any atom is 0.405 e. The first-order chi connectivity index (χ1) is 15.7. The van der Waals surface area contributed by atoms with Gasteiger partial charge in [0.2, 0.25) is 6.20 Å². The molecule has 10 nitrogen and oxygen atoms in total. The Morgan fingerprint density at radius 2 is 1.21 bits per heavy atom. The maximum absolute atomic E-state index is 13.1. The molecule has 0 heterocycles. The number of nitrogens with zero attached hydrogens (tertiary/aromatic N) is 2. The smallest absolute Gasteiger partial charge is 0.405 e. The van der Waals surface area contributed by atoms with Crippen molar-refractivity contribution in [2.45, 2.75) is 65.9 Å². The Hall–Kier alpha value is -1.38. The van der Waals surface area contributed by atoms with Crippen molar-refractivity contribution >= 4 is 27.6 Å². The van der Waals surface area contributed by atoms with E-state index < -0.39 is 25.8 Å². The Labute approximate surface area is 202 Å². The minimum atomic E-state index is -3.71. The lowest BCUT2D eigenvalue weighted by molar-refractivity contribution is -0.502. The Kier molecular flexibility index (Phi) is 11.3. The van der Waals surface area contributed by atoms with Gasteiger partial charge < -0.3 is 28.4 Å². The van der Waals surface area contributed by atoms with Crippen molar-refractivity contribution in [1.82, 2.24) is 5.06 Å². The molecule has 0 amide bonds. The minimum Gasteiger partial charge on any atom is -0.758 e. The Morgan fingerprint density at radius 1 is 0.824 bits per heavy atom. The highest BCUT2D eigenvalue weighted by Gasteiger charge is 2.55. The molecule has 0 aliphatic carbocycles. The molecule has 1 rings (SSSR count). The zero-order chi connectivity index (χ0) is 26.2. The second-order valence-electron chi connectivity index (χ2n) is 8.23. The van der Waals surface area contributed by atoms with Crippen LogP contribution in [0.25, 0.3) is 12.4 Å². The maximum atomic E-state index is 13.1. The van der Waals surface area contributed by atoms with Crippen LogP contribution in [-0.4, -0.2) is 46.8 Å². The van der Waals surface area contributed by atoms with Crippen LogP contribution in [0, 0.1) is 10.1 Å². The minimum absolute atomic E-state index is 0.140. The molecule has 0 fully saturated rings. The third-order valence-corrected chi connectivity index (χ3v) is 10.6. The quantitative estimate of drug-likeness (QED) is 0.195. The predicted molar refractivity (Wildman–Crippen MR) is 133 cm³/mol. The topological polar surface area (TPSA) is 117 Å². The van der Waals surface area contributed by atoms with Crippen molar-refractivity contribution in [3.63, 3.8) is 0 Å². The summed E-state index contributed by atoms with van der Waals surface area (Å²) in [5.41, 5.74) is 0. The van der Waals surface area contributed by atoms with Crippen molar-refractivity contribution in [2.24, 2.45) is 0 Å². The summed E-state index contributed by atoms with van der Waals surface area (Å²) in [4.78, 5) is 12.9. The molecule has 0 atom stereocenters. The van der Waals surface area contributed by atoms with Crippen molar-refractivity contribution in [3.05, 3.63) is 44.8 Å². The lowest BCUT2D eigenvalue weighted by Crippen LogP contribution is -2.38. The van der Waals surface area contributed by atoms with E-state index in [2.05, 4.69) is 0 Å². The number of nitroso groups, excluding NO2 is 1. The van der Waals surface area contributed by atoms with Crippen molar-refractivity contribution in [1.29, 1.82) is 0 Å². The van der Waals surface area contributed by atoms with E-state index in [1.165, 1.54) is 40.1 Å². The second-order valence-corrected chi connectivity index (χ2v) is 13.4. The number of hydrogen-bond acceptors (Lipinski definition) is 9. The average molecular weight is 521 g/mol. The van der Waals surface area contributed by atoms with Crippen LogP contribution in [0.1, 0.15) is 55.4 Å². The molecule has 1 aromatic carbocycles. The summed E-state index contributed by atoms with van der Waals surface area (Å²) in [6, 6.07) is 6.52. The number of benzene rings is 1. The van der Waals surface area contributed by atoms with E-state index in [-0.39, 0.29) is 26.4 Å². The molecule has 0 aromatic heterocycles. The van der Waals surface area contributed by atoms with E-state index in [4.69, 9.17) is 18.1 Å². The fourth-order valence-electron chi connectivity index (χ4n) is 2.88. The molecule has 34 heavy (non-hydrogen) atoms. The number of rotatable bonds is 14. The second kappa shape index (κ2) is 12.5. The molecular formula is C22H38N2O8P2. The first-order valence-corrected chi connectivity index (χ1v) is 14.3. The number of hydroxylamine groups is 2. The van der Waals surface area contributed by atoms with Gasteiger partial charge in [0.1, 0.15) is 5.28 Å². The van der Waals surface area contributed by atoms with Crippen LogP contribution in [0.3, 0.4) is 0 Å². The van der Waals surface area contributed by atoms with Gasteiger partial charge in [0.25, 0.3) is 0 Å².